The highest BCUT2D eigenvalue weighted by Gasteiger charge is 2.27. The fourth-order valence-electron chi connectivity index (χ4n) is 2.33. The second-order valence-corrected chi connectivity index (χ2v) is 9.71. The molecule has 0 spiro atoms. The van der Waals surface area contributed by atoms with Gasteiger partial charge >= 0.3 is 5.97 Å². The number of carboxylic acid groups (broad SMARTS) is 1. The number of aliphatic carboxylic acids is 1. The van der Waals surface area contributed by atoms with E-state index in [2.05, 4.69) is 25.6 Å². The van der Waals surface area contributed by atoms with Gasteiger partial charge in [0, 0.05) is 18.0 Å². The maximum atomic E-state index is 12.4. The Morgan fingerprint density at radius 1 is 1.28 bits per heavy atom. The van der Waals surface area contributed by atoms with Crippen molar-refractivity contribution in [3.05, 3.63) is 58.0 Å². The van der Waals surface area contributed by atoms with E-state index in [1.165, 1.54) is 6.07 Å². The molecule has 0 saturated carbocycles. The number of rotatable bonds is 6. The number of nitrogens with zero attached hydrogens (tertiary/aromatic N) is 1. The van der Waals surface area contributed by atoms with Gasteiger partial charge in [-0.3, -0.25) is 9.78 Å². The van der Waals surface area contributed by atoms with Crippen LogP contribution in [0.4, 0.5) is 0 Å². The standard InChI is InChI=1S/C16H13BrN2O4S2/c17-14-5-6-15(24-14)25(22,23)19-13(16(20)21)8-10-7-11-3-1-2-4-12(11)18-9-10/h1-7,9,13,19H,8H2,(H,20,21). The molecule has 2 N–H and O–H groups in total. The molecule has 0 saturated heterocycles. The molecule has 9 heteroatoms. The van der Waals surface area contributed by atoms with Crippen LogP contribution >= 0.6 is 27.3 Å². The summed E-state index contributed by atoms with van der Waals surface area (Å²) in [5, 5.41) is 10.3. The summed E-state index contributed by atoms with van der Waals surface area (Å²) in [7, 11) is -3.91. The average Bonchev–Trinajstić information content (AvgIpc) is 3.01. The van der Waals surface area contributed by atoms with E-state index in [4.69, 9.17) is 0 Å². The van der Waals surface area contributed by atoms with Gasteiger partial charge in [0.15, 0.2) is 0 Å². The number of hydrogen-bond acceptors (Lipinski definition) is 5. The molecule has 0 aliphatic rings. The summed E-state index contributed by atoms with van der Waals surface area (Å²) in [6, 6.07) is 11.0. The van der Waals surface area contributed by atoms with Crippen molar-refractivity contribution < 1.29 is 18.3 Å². The zero-order chi connectivity index (χ0) is 18.0. The summed E-state index contributed by atoms with van der Waals surface area (Å²) in [6.07, 6.45) is 1.56. The number of halogens is 1. The quantitative estimate of drug-likeness (QED) is 0.613. The number of fused-ring (bicyclic) bond motifs is 1. The largest absolute Gasteiger partial charge is 0.480 e. The van der Waals surface area contributed by atoms with Gasteiger partial charge in [-0.15, -0.1) is 11.3 Å². The van der Waals surface area contributed by atoms with Gasteiger partial charge in [0.2, 0.25) is 0 Å². The summed E-state index contributed by atoms with van der Waals surface area (Å²) in [5.74, 6) is -1.24. The van der Waals surface area contributed by atoms with Gasteiger partial charge in [0.25, 0.3) is 10.0 Å². The average molecular weight is 441 g/mol. The van der Waals surface area contributed by atoms with E-state index in [-0.39, 0.29) is 10.6 Å². The predicted octanol–water partition coefficient (Wildman–Crippen LogP) is 3.03. The molecule has 130 valence electrons. The molecule has 0 amide bonds. The van der Waals surface area contributed by atoms with Gasteiger partial charge in [-0.1, -0.05) is 18.2 Å². The molecule has 3 rings (SSSR count). The Kier molecular flexibility index (Phi) is 5.19. The third-order valence-corrected chi connectivity index (χ3v) is 7.08. The Balaban J connectivity index is 1.84. The van der Waals surface area contributed by atoms with Crippen LogP contribution in [-0.2, 0) is 21.2 Å². The molecule has 1 aromatic carbocycles. The number of sulfonamides is 1. The van der Waals surface area contributed by atoms with Crippen molar-refractivity contribution in [1.82, 2.24) is 9.71 Å². The molecular formula is C16H13BrN2O4S2. The van der Waals surface area contributed by atoms with Crippen LogP contribution < -0.4 is 4.72 Å². The Hall–Kier alpha value is -1.81. The molecule has 0 fully saturated rings. The third kappa shape index (κ3) is 4.24. The summed E-state index contributed by atoms with van der Waals surface area (Å²) < 4.78 is 27.7. The number of nitrogens with one attached hydrogen (secondary N) is 1. The number of para-hydroxylation sites is 1. The lowest BCUT2D eigenvalue weighted by atomic mass is 10.1. The van der Waals surface area contributed by atoms with Crippen LogP contribution in [-0.4, -0.2) is 30.5 Å². The lowest BCUT2D eigenvalue weighted by molar-refractivity contribution is -0.138. The lowest BCUT2D eigenvalue weighted by Gasteiger charge is -2.14. The fraction of sp³-hybridized carbons (Fsp3) is 0.125. The van der Waals surface area contributed by atoms with Gasteiger partial charge < -0.3 is 5.11 Å². The molecule has 1 unspecified atom stereocenters. The van der Waals surface area contributed by atoms with Crippen molar-refractivity contribution in [2.75, 3.05) is 0 Å². The number of pyridine rings is 1. The number of carbonyl (C=O) groups is 1. The van der Waals surface area contributed by atoms with E-state index in [1.807, 2.05) is 30.3 Å². The van der Waals surface area contributed by atoms with Crippen LogP contribution in [0.25, 0.3) is 10.9 Å². The van der Waals surface area contributed by atoms with Crippen molar-refractivity contribution in [3.8, 4) is 0 Å². The minimum atomic E-state index is -3.91. The van der Waals surface area contributed by atoms with Crippen molar-refractivity contribution in [2.45, 2.75) is 16.7 Å². The highest BCUT2D eigenvalue weighted by atomic mass is 79.9. The molecule has 6 nitrogen and oxygen atoms in total. The highest BCUT2D eigenvalue weighted by molar-refractivity contribution is 9.11. The van der Waals surface area contributed by atoms with Crippen LogP contribution in [0.2, 0.25) is 0 Å². The Labute approximate surface area is 156 Å². The van der Waals surface area contributed by atoms with Gasteiger partial charge in [0.1, 0.15) is 10.3 Å². The van der Waals surface area contributed by atoms with Crippen molar-refractivity contribution in [3.63, 3.8) is 0 Å². The van der Waals surface area contributed by atoms with Gasteiger partial charge in [-0.2, -0.15) is 4.72 Å². The van der Waals surface area contributed by atoms with Crippen LogP contribution in [0.5, 0.6) is 0 Å². The zero-order valence-corrected chi connectivity index (χ0v) is 15.9. The summed E-state index contributed by atoms with van der Waals surface area (Å²) in [4.78, 5) is 15.8. The first kappa shape index (κ1) is 18.0. The molecule has 1 atom stereocenters. The number of carboxylic acids is 1. The molecular weight excluding hydrogens is 428 g/mol. The van der Waals surface area contributed by atoms with Crippen LogP contribution in [0, 0.1) is 0 Å². The SMILES string of the molecule is O=C(O)C(Cc1cnc2ccccc2c1)NS(=O)(=O)c1ccc(Br)s1. The topological polar surface area (TPSA) is 96.4 Å². The Morgan fingerprint density at radius 3 is 2.72 bits per heavy atom. The Bertz CT molecular complexity index is 1030. The summed E-state index contributed by atoms with van der Waals surface area (Å²) in [5.41, 5.74) is 1.43. The molecule has 2 heterocycles. The maximum Gasteiger partial charge on any atom is 0.322 e. The Morgan fingerprint density at radius 2 is 2.04 bits per heavy atom. The third-order valence-electron chi connectivity index (χ3n) is 3.50. The first-order valence-electron chi connectivity index (χ1n) is 7.19. The number of benzene rings is 1. The summed E-state index contributed by atoms with van der Waals surface area (Å²) in [6.45, 7) is 0. The first-order chi connectivity index (χ1) is 11.8. The number of thiophene rings is 1. The number of hydrogen-bond donors (Lipinski definition) is 2. The van der Waals surface area contributed by atoms with Crippen molar-refractivity contribution in [2.24, 2.45) is 0 Å². The molecule has 0 aliphatic carbocycles. The van der Waals surface area contributed by atoms with Gasteiger partial charge in [-0.25, -0.2) is 8.42 Å². The van der Waals surface area contributed by atoms with E-state index < -0.39 is 22.0 Å². The predicted molar refractivity (Wildman–Crippen MR) is 99.2 cm³/mol. The minimum Gasteiger partial charge on any atom is -0.480 e. The van der Waals surface area contributed by atoms with E-state index in [1.54, 1.807) is 12.3 Å². The highest BCUT2D eigenvalue weighted by Crippen LogP contribution is 2.26. The van der Waals surface area contributed by atoms with Crippen LogP contribution in [0.3, 0.4) is 0 Å². The van der Waals surface area contributed by atoms with E-state index >= 15 is 0 Å². The van der Waals surface area contributed by atoms with Crippen LogP contribution in [0.15, 0.2) is 56.7 Å². The van der Waals surface area contributed by atoms with Gasteiger partial charge in [-0.05, 0) is 45.8 Å². The zero-order valence-electron chi connectivity index (χ0n) is 12.7. The molecule has 2 aromatic heterocycles. The van der Waals surface area contributed by atoms with Crippen LogP contribution in [0.1, 0.15) is 5.56 Å². The molecule has 0 radical (unpaired) electrons. The maximum absolute atomic E-state index is 12.4. The lowest BCUT2D eigenvalue weighted by Crippen LogP contribution is -2.42. The first-order valence-corrected chi connectivity index (χ1v) is 10.3. The fourth-order valence-corrected chi connectivity index (χ4v) is 5.55. The van der Waals surface area contributed by atoms with Gasteiger partial charge in [0.05, 0.1) is 9.30 Å². The smallest absolute Gasteiger partial charge is 0.322 e. The molecule has 3 aromatic rings. The molecule has 25 heavy (non-hydrogen) atoms. The monoisotopic (exact) mass is 440 g/mol. The van der Waals surface area contributed by atoms with E-state index in [0.29, 0.717) is 9.35 Å². The summed E-state index contributed by atoms with van der Waals surface area (Å²) >= 11 is 4.22. The second kappa shape index (κ2) is 7.20. The second-order valence-electron chi connectivity index (χ2n) is 5.31. The molecule has 0 bridgehead atoms. The van der Waals surface area contributed by atoms with E-state index in [9.17, 15) is 18.3 Å². The minimum absolute atomic E-state index is 0.00105. The number of aromatic nitrogens is 1. The molecule has 0 aliphatic heterocycles. The van der Waals surface area contributed by atoms with Crippen molar-refractivity contribution >= 4 is 54.2 Å². The normalized spacial score (nSPS) is 13.0. The van der Waals surface area contributed by atoms with E-state index in [0.717, 1.165) is 22.2 Å². The van der Waals surface area contributed by atoms with Crippen molar-refractivity contribution in [1.29, 1.82) is 0 Å².